The van der Waals surface area contributed by atoms with Crippen LogP contribution in [0, 0.1) is 0 Å². The zero-order valence-electron chi connectivity index (χ0n) is 13.4. The molecule has 0 amide bonds. The molecule has 5 rings (SSSR count). The zero-order chi connectivity index (χ0) is 16.8. The number of nitrogens with zero attached hydrogens (tertiary/aromatic N) is 2. The number of hydrogen-bond donors (Lipinski definition) is 0. The minimum atomic E-state index is 1.07. The molecule has 0 radical (unpaired) electrons. The number of fused-ring (bicyclic) bond motifs is 2. The van der Waals surface area contributed by atoms with E-state index >= 15 is 0 Å². The van der Waals surface area contributed by atoms with Crippen molar-refractivity contribution in [3.8, 4) is 11.4 Å². The predicted octanol–water partition coefficient (Wildman–Crippen LogP) is 6.34. The molecule has 5 aromatic rings. The third-order valence-electron chi connectivity index (χ3n) is 4.62. The number of halogens is 1. The van der Waals surface area contributed by atoms with Crippen molar-refractivity contribution in [2.45, 2.75) is 0 Å². The van der Waals surface area contributed by atoms with Gasteiger partial charge in [0.2, 0.25) is 0 Å². The van der Waals surface area contributed by atoms with Crippen molar-refractivity contribution >= 4 is 37.7 Å². The van der Waals surface area contributed by atoms with Crippen LogP contribution in [0.3, 0.4) is 0 Å². The van der Waals surface area contributed by atoms with Gasteiger partial charge in [-0.15, -0.1) is 0 Å². The largest absolute Gasteiger partial charge is 0.316 e. The first kappa shape index (κ1) is 14.6. The van der Waals surface area contributed by atoms with E-state index < -0.39 is 0 Å². The Hall–Kier alpha value is -2.78. The van der Waals surface area contributed by atoms with Crippen LogP contribution in [0.4, 0.5) is 0 Å². The Morgan fingerprint density at radius 3 is 1.56 bits per heavy atom. The molecule has 0 bridgehead atoms. The molecule has 0 aliphatic heterocycles. The molecular formula is C22H15BrN2. The second-order valence-corrected chi connectivity index (χ2v) is 7.07. The molecule has 25 heavy (non-hydrogen) atoms. The van der Waals surface area contributed by atoms with Gasteiger partial charge >= 0.3 is 0 Å². The zero-order valence-corrected chi connectivity index (χ0v) is 15.0. The van der Waals surface area contributed by atoms with Gasteiger partial charge in [0.15, 0.2) is 0 Å². The van der Waals surface area contributed by atoms with E-state index in [4.69, 9.17) is 0 Å². The minimum Gasteiger partial charge on any atom is -0.316 e. The second kappa shape index (κ2) is 5.64. The van der Waals surface area contributed by atoms with E-state index in [1.807, 2.05) is 0 Å². The van der Waals surface area contributed by atoms with Gasteiger partial charge in [-0.1, -0.05) is 52.3 Å². The summed E-state index contributed by atoms with van der Waals surface area (Å²) in [5.41, 5.74) is 4.71. The molecule has 2 aromatic heterocycles. The molecule has 0 unspecified atom stereocenters. The fourth-order valence-electron chi connectivity index (χ4n) is 3.45. The molecule has 0 fully saturated rings. The maximum atomic E-state index is 3.69. The van der Waals surface area contributed by atoms with E-state index in [2.05, 4.69) is 116 Å². The Morgan fingerprint density at radius 2 is 1.04 bits per heavy atom. The summed E-state index contributed by atoms with van der Waals surface area (Å²) in [5.74, 6) is 0. The predicted molar refractivity (Wildman–Crippen MR) is 108 cm³/mol. The quantitative estimate of drug-likeness (QED) is 0.335. The van der Waals surface area contributed by atoms with Crippen LogP contribution in [0.15, 0.2) is 95.7 Å². The maximum Gasteiger partial charge on any atom is 0.0528 e. The van der Waals surface area contributed by atoms with Gasteiger partial charge in [-0.3, -0.25) is 0 Å². The highest BCUT2D eigenvalue weighted by Gasteiger charge is 2.08. The first-order chi connectivity index (χ1) is 12.3. The highest BCUT2D eigenvalue weighted by atomic mass is 79.9. The Kier molecular flexibility index (Phi) is 3.28. The van der Waals surface area contributed by atoms with Gasteiger partial charge in [0.1, 0.15) is 0 Å². The minimum absolute atomic E-state index is 1.07. The number of rotatable bonds is 2. The molecule has 2 heterocycles. The molecule has 3 aromatic carbocycles. The second-order valence-electron chi connectivity index (χ2n) is 6.16. The third kappa shape index (κ3) is 2.39. The normalized spacial score (nSPS) is 11.4. The van der Waals surface area contributed by atoms with Crippen LogP contribution >= 0.6 is 15.9 Å². The van der Waals surface area contributed by atoms with Gasteiger partial charge in [0, 0.05) is 28.2 Å². The lowest BCUT2D eigenvalue weighted by Crippen LogP contribution is -1.97. The van der Waals surface area contributed by atoms with Crippen molar-refractivity contribution in [1.82, 2.24) is 9.13 Å². The Bertz CT molecular complexity index is 1120. The molecule has 0 aliphatic carbocycles. The smallest absolute Gasteiger partial charge is 0.0528 e. The van der Waals surface area contributed by atoms with E-state index in [1.165, 1.54) is 21.8 Å². The molecule has 120 valence electrons. The summed E-state index contributed by atoms with van der Waals surface area (Å²) in [6.07, 6.45) is 4.26. The lowest BCUT2D eigenvalue weighted by atomic mass is 10.2. The van der Waals surface area contributed by atoms with Gasteiger partial charge in [-0.25, -0.2) is 0 Å². The average molecular weight is 387 g/mol. The topological polar surface area (TPSA) is 9.86 Å². The van der Waals surface area contributed by atoms with E-state index in [-0.39, 0.29) is 0 Å². The van der Waals surface area contributed by atoms with E-state index in [1.54, 1.807) is 0 Å². The fraction of sp³-hybridized carbons (Fsp3) is 0. The molecular weight excluding hydrogens is 372 g/mol. The average Bonchev–Trinajstić information content (AvgIpc) is 3.25. The van der Waals surface area contributed by atoms with E-state index in [0.717, 1.165) is 15.8 Å². The standard InChI is InChI=1S/C22H15BrN2/c23-18-13-19(24-11-9-16-5-1-3-7-21(16)24)15-20(14-18)25-12-10-17-6-2-4-8-22(17)25/h1-15H. The van der Waals surface area contributed by atoms with Gasteiger partial charge in [0.05, 0.1) is 11.0 Å². The lowest BCUT2D eigenvalue weighted by molar-refractivity contribution is 1.08. The van der Waals surface area contributed by atoms with Crippen LogP contribution in [0.1, 0.15) is 0 Å². The highest BCUT2D eigenvalue weighted by molar-refractivity contribution is 9.10. The summed E-state index contributed by atoms with van der Waals surface area (Å²) in [7, 11) is 0. The van der Waals surface area contributed by atoms with Gasteiger partial charge < -0.3 is 9.13 Å². The van der Waals surface area contributed by atoms with E-state index in [0.29, 0.717) is 0 Å². The van der Waals surface area contributed by atoms with Crippen LogP contribution in [0.5, 0.6) is 0 Å². The van der Waals surface area contributed by atoms with Crippen molar-refractivity contribution in [2.24, 2.45) is 0 Å². The van der Waals surface area contributed by atoms with Crippen LogP contribution in [-0.4, -0.2) is 9.13 Å². The molecule has 0 atom stereocenters. The molecule has 3 heteroatoms. The summed E-state index contributed by atoms with van der Waals surface area (Å²) < 4.78 is 5.53. The van der Waals surface area contributed by atoms with Crippen molar-refractivity contribution in [3.63, 3.8) is 0 Å². The number of para-hydroxylation sites is 2. The summed E-state index contributed by atoms with van der Waals surface area (Å²) in [5, 5.41) is 2.49. The third-order valence-corrected chi connectivity index (χ3v) is 5.08. The lowest BCUT2D eigenvalue weighted by Gasteiger charge is -2.11. The summed E-state index contributed by atoms with van der Waals surface area (Å²) >= 11 is 3.69. The number of hydrogen-bond acceptors (Lipinski definition) is 0. The molecule has 0 saturated carbocycles. The van der Waals surface area contributed by atoms with Crippen LogP contribution < -0.4 is 0 Å². The number of aromatic nitrogens is 2. The first-order valence-electron chi connectivity index (χ1n) is 8.23. The fourth-order valence-corrected chi connectivity index (χ4v) is 3.92. The monoisotopic (exact) mass is 386 g/mol. The molecule has 0 N–H and O–H groups in total. The van der Waals surface area contributed by atoms with Gasteiger partial charge in [-0.05, 0) is 53.2 Å². The summed E-state index contributed by atoms with van der Waals surface area (Å²) in [6, 6.07) is 27.7. The molecule has 2 nitrogen and oxygen atoms in total. The SMILES string of the molecule is Brc1cc(-n2ccc3ccccc32)cc(-n2ccc3ccccc32)c1. The Labute approximate surface area is 154 Å². The molecule has 0 aliphatic rings. The number of benzene rings is 3. The van der Waals surface area contributed by atoms with Crippen molar-refractivity contribution in [3.05, 3.63) is 95.7 Å². The molecule has 0 spiro atoms. The molecule has 0 saturated heterocycles. The van der Waals surface area contributed by atoms with Crippen LogP contribution in [0.25, 0.3) is 33.2 Å². The van der Waals surface area contributed by atoms with Crippen LogP contribution in [-0.2, 0) is 0 Å². The van der Waals surface area contributed by atoms with Crippen molar-refractivity contribution in [2.75, 3.05) is 0 Å². The first-order valence-corrected chi connectivity index (χ1v) is 9.02. The van der Waals surface area contributed by atoms with E-state index in [9.17, 15) is 0 Å². The summed E-state index contributed by atoms with van der Waals surface area (Å²) in [4.78, 5) is 0. The van der Waals surface area contributed by atoms with Crippen LogP contribution in [0.2, 0.25) is 0 Å². The highest BCUT2D eigenvalue weighted by Crippen LogP contribution is 2.28. The Balaban J connectivity index is 1.73. The van der Waals surface area contributed by atoms with Crippen molar-refractivity contribution < 1.29 is 0 Å². The summed E-state index contributed by atoms with van der Waals surface area (Å²) in [6.45, 7) is 0. The maximum absolute atomic E-state index is 3.69. The Morgan fingerprint density at radius 1 is 0.560 bits per heavy atom. The van der Waals surface area contributed by atoms with Gasteiger partial charge in [0.25, 0.3) is 0 Å². The van der Waals surface area contributed by atoms with Gasteiger partial charge in [-0.2, -0.15) is 0 Å². The van der Waals surface area contributed by atoms with Crippen molar-refractivity contribution in [1.29, 1.82) is 0 Å².